The zero-order chi connectivity index (χ0) is 22.6. The van der Waals surface area contributed by atoms with Crippen LogP contribution in [-0.2, 0) is 9.59 Å². The number of unbranched alkanes of at least 4 members (excludes halogenated alkanes) is 2. The van der Waals surface area contributed by atoms with Crippen molar-refractivity contribution in [3.8, 4) is 5.75 Å². The molecule has 7 nitrogen and oxygen atoms in total. The summed E-state index contributed by atoms with van der Waals surface area (Å²) >= 11 is 0. The molecule has 31 heavy (non-hydrogen) atoms. The number of carbonyl (C=O) groups is 3. The highest BCUT2D eigenvalue weighted by molar-refractivity contribution is 5.96. The maximum absolute atomic E-state index is 12.5. The molecule has 2 rings (SSSR count). The van der Waals surface area contributed by atoms with Gasteiger partial charge in [-0.15, -0.1) is 0 Å². The van der Waals surface area contributed by atoms with Gasteiger partial charge in [0, 0.05) is 38.2 Å². The van der Waals surface area contributed by atoms with Gasteiger partial charge >= 0.3 is 0 Å². The number of hydrogen-bond donors (Lipinski definition) is 1. The lowest BCUT2D eigenvalue weighted by Crippen LogP contribution is -2.46. The van der Waals surface area contributed by atoms with Gasteiger partial charge in [0.1, 0.15) is 5.75 Å². The number of likely N-dealkylation sites (tertiary alicyclic amines) is 1. The van der Waals surface area contributed by atoms with E-state index < -0.39 is 0 Å². The van der Waals surface area contributed by atoms with Crippen LogP contribution in [0.25, 0.3) is 0 Å². The Kier molecular flexibility index (Phi) is 10.3. The van der Waals surface area contributed by atoms with Gasteiger partial charge in [-0.25, -0.2) is 0 Å². The van der Waals surface area contributed by atoms with Crippen molar-refractivity contribution in [1.29, 1.82) is 0 Å². The Bertz CT molecular complexity index is 712. The highest BCUT2D eigenvalue weighted by Gasteiger charge is 2.29. The van der Waals surface area contributed by atoms with Crippen LogP contribution in [0.2, 0.25) is 0 Å². The van der Waals surface area contributed by atoms with E-state index >= 15 is 0 Å². The van der Waals surface area contributed by atoms with E-state index in [1.165, 1.54) is 0 Å². The van der Waals surface area contributed by atoms with Crippen LogP contribution in [0.15, 0.2) is 24.3 Å². The van der Waals surface area contributed by atoms with E-state index in [0.717, 1.165) is 38.0 Å². The van der Waals surface area contributed by atoms with E-state index in [2.05, 4.69) is 19.2 Å². The molecule has 172 valence electrons. The molecular formula is C24H37N3O4. The highest BCUT2D eigenvalue weighted by atomic mass is 16.5. The van der Waals surface area contributed by atoms with Gasteiger partial charge in [0.05, 0.1) is 13.2 Å². The molecule has 0 radical (unpaired) electrons. The Morgan fingerprint density at radius 3 is 2.32 bits per heavy atom. The maximum Gasteiger partial charge on any atom is 0.251 e. The molecule has 0 saturated carbocycles. The Hall–Kier alpha value is -2.57. The van der Waals surface area contributed by atoms with E-state index in [9.17, 15) is 14.4 Å². The third-order valence-electron chi connectivity index (χ3n) is 5.70. The molecule has 1 heterocycles. The van der Waals surface area contributed by atoms with Gasteiger partial charge in [-0.05, 0) is 49.9 Å². The Morgan fingerprint density at radius 2 is 1.71 bits per heavy atom. The summed E-state index contributed by atoms with van der Waals surface area (Å²) in [5.74, 6) is 0.502. The summed E-state index contributed by atoms with van der Waals surface area (Å²) < 4.78 is 5.60. The Labute approximate surface area is 186 Å². The van der Waals surface area contributed by atoms with Crippen molar-refractivity contribution in [3.05, 3.63) is 29.8 Å². The molecule has 7 heteroatoms. The van der Waals surface area contributed by atoms with Crippen LogP contribution in [0, 0.1) is 5.92 Å². The standard InChI is InChI=1S/C24H37N3O4/c1-4-6-14-26(3)24(30)20-12-15-27(16-13-20)22(28)18-25-23(29)19-8-10-21(11-9-19)31-17-7-5-2/h8-11,20H,4-7,12-18H2,1-3H3,(H,25,29). The van der Waals surface area contributed by atoms with E-state index in [0.29, 0.717) is 38.1 Å². The van der Waals surface area contributed by atoms with Gasteiger partial charge in [0.2, 0.25) is 11.8 Å². The number of ether oxygens (including phenoxy) is 1. The van der Waals surface area contributed by atoms with Gasteiger partial charge in [-0.2, -0.15) is 0 Å². The fourth-order valence-electron chi connectivity index (χ4n) is 3.60. The molecule has 0 unspecified atom stereocenters. The van der Waals surface area contributed by atoms with Gasteiger partial charge < -0.3 is 19.9 Å². The van der Waals surface area contributed by atoms with E-state index in [-0.39, 0.29) is 30.2 Å². The number of hydrogen-bond acceptors (Lipinski definition) is 4. The lowest BCUT2D eigenvalue weighted by atomic mass is 9.95. The third kappa shape index (κ3) is 7.89. The summed E-state index contributed by atoms with van der Waals surface area (Å²) in [6.07, 6.45) is 5.48. The van der Waals surface area contributed by atoms with E-state index in [1.54, 1.807) is 29.2 Å². The molecule has 1 aromatic carbocycles. The highest BCUT2D eigenvalue weighted by Crippen LogP contribution is 2.19. The maximum atomic E-state index is 12.5. The van der Waals surface area contributed by atoms with Gasteiger partial charge in [0.15, 0.2) is 0 Å². The van der Waals surface area contributed by atoms with Crippen LogP contribution >= 0.6 is 0 Å². The van der Waals surface area contributed by atoms with Crippen LogP contribution in [0.3, 0.4) is 0 Å². The van der Waals surface area contributed by atoms with Crippen LogP contribution in [0.1, 0.15) is 62.7 Å². The number of piperidine rings is 1. The molecule has 0 atom stereocenters. The largest absolute Gasteiger partial charge is 0.494 e. The minimum atomic E-state index is -0.281. The molecule has 1 aliphatic heterocycles. The SMILES string of the molecule is CCCCOc1ccc(C(=O)NCC(=O)N2CCC(C(=O)N(C)CCCC)CC2)cc1. The van der Waals surface area contributed by atoms with Crippen molar-refractivity contribution in [2.24, 2.45) is 5.92 Å². The molecule has 1 N–H and O–H groups in total. The average Bonchev–Trinajstić information content (AvgIpc) is 2.81. The first-order valence-corrected chi connectivity index (χ1v) is 11.5. The van der Waals surface area contributed by atoms with Gasteiger partial charge in [0.25, 0.3) is 5.91 Å². The molecule has 0 bridgehead atoms. The summed E-state index contributed by atoms with van der Waals surface area (Å²) in [5, 5.41) is 2.70. The first-order chi connectivity index (χ1) is 15.0. The minimum Gasteiger partial charge on any atom is -0.494 e. The number of nitrogens with zero attached hydrogens (tertiary/aromatic N) is 2. The minimum absolute atomic E-state index is 0.0152. The smallest absolute Gasteiger partial charge is 0.251 e. The molecule has 0 aliphatic carbocycles. The van der Waals surface area contributed by atoms with Crippen molar-refractivity contribution < 1.29 is 19.1 Å². The third-order valence-corrected chi connectivity index (χ3v) is 5.70. The second-order valence-electron chi connectivity index (χ2n) is 8.18. The number of benzene rings is 1. The van der Waals surface area contributed by atoms with Crippen molar-refractivity contribution in [2.45, 2.75) is 52.4 Å². The number of nitrogens with one attached hydrogen (secondary N) is 1. The zero-order valence-electron chi connectivity index (χ0n) is 19.2. The van der Waals surface area contributed by atoms with Crippen LogP contribution in [-0.4, -0.2) is 67.4 Å². The van der Waals surface area contributed by atoms with E-state index in [4.69, 9.17) is 4.74 Å². The molecule has 1 aliphatic rings. The summed E-state index contributed by atoms with van der Waals surface area (Å²) in [6, 6.07) is 6.94. The normalized spacial score (nSPS) is 14.2. The predicted molar refractivity (Wildman–Crippen MR) is 121 cm³/mol. The first-order valence-electron chi connectivity index (χ1n) is 11.5. The van der Waals surface area contributed by atoms with Gasteiger partial charge in [-0.1, -0.05) is 26.7 Å². The summed E-state index contributed by atoms with van der Waals surface area (Å²) in [7, 11) is 1.86. The van der Waals surface area contributed by atoms with Crippen molar-refractivity contribution in [1.82, 2.24) is 15.1 Å². The van der Waals surface area contributed by atoms with Crippen molar-refractivity contribution >= 4 is 17.7 Å². The molecule has 0 aromatic heterocycles. The van der Waals surface area contributed by atoms with Gasteiger partial charge in [-0.3, -0.25) is 14.4 Å². The zero-order valence-corrected chi connectivity index (χ0v) is 19.2. The average molecular weight is 432 g/mol. The molecule has 1 aromatic rings. The predicted octanol–water partition coefficient (Wildman–Crippen LogP) is 3.09. The molecule has 1 fully saturated rings. The van der Waals surface area contributed by atoms with Crippen molar-refractivity contribution in [2.75, 3.05) is 39.8 Å². The number of amides is 3. The monoisotopic (exact) mass is 431 g/mol. The van der Waals surface area contributed by atoms with E-state index in [1.807, 2.05) is 11.9 Å². The second-order valence-corrected chi connectivity index (χ2v) is 8.18. The summed E-state index contributed by atoms with van der Waals surface area (Å²) in [4.78, 5) is 40.9. The second kappa shape index (κ2) is 13.0. The molecule has 3 amide bonds. The van der Waals surface area contributed by atoms with Crippen LogP contribution in [0.5, 0.6) is 5.75 Å². The van der Waals surface area contributed by atoms with Crippen LogP contribution in [0.4, 0.5) is 0 Å². The molecule has 1 saturated heterocycles. The summed E-state index contributed by atoms with van der Waals surface area (Å²) in [6.45, 7) is 6.72. The van der Waals surface area contributed by atoms with Crippen LogP contribution < -0.4 is 10.1 Å². The number of rotatable bonds is 11. The fourth-order valence-corrected chi connectivity index (χ4v) is 3.60. The molecule has 0 spiro atoms. The number of carbonyl (C=O) groups excluding carboxylic acids is 3. The lowest BCUT2D eigenvalue weighted by molar-refractivity contribution is -0.139. The lowest BCUT2D eigenvalue weighted by Gasteiger charge is -2.33. The Balaban J connectivity index is 1.73. The quantitative estimate of drug-likeness (QED) is 0.546. The topological polar surface area (TPSA) is 79.0 Å². The molecular weight excluding hydrogens is 394 g/mol. The van der Waals surface area contributed by atoms with Crippen molar-refractivity contribution in [3.63, 3.8) is 0 Å². The fraction of sp³-hybridized carbons (Fsp3) is 0.625. The first kappa shape index (κ1) is 24.7. The Morgan fingerprint density at radius 1 is 1.06 bits per heavy atom. The summed E-state index contributed by atoms with van der Waals surface area (Å²) in [5.41, 5.74) is 0.495.